The molecule has 0 N–H and O–H groups in total. The maximum absolute atomic E-state index is 15.7. The molecule has 0 fully saturated rings. The molecular weight excluding hydrogens is 565 g/mol. The molecule has 6 rings (SSSR count). The van der Waals surface area contributed by atoms with Gasteiger partial charge in [-0.25, -0.2) is 21.8 Å². The minimum atomic E-state index is -4.10. The smallest absolute Gasteiger partial charge is 0.269 e. The van der Waals surface area contributed by atoms with Crippen molar-refractivity contribution >= 4 is 37.9 Å². The molecule has 8 nitrogen and oxygen atoms in total. The minimum Gasteiger partial charge on any atom is -0.338 e. The van der Waals surface area contributed by atoms with E-state index in [2.05, 4.69) is 21.5 Å². The van der Waals surface area contributed by atoms with Crippen molar-refractivity contribution in [3.63, 3.8) is 0 Å². The Kier molecular flexibility index (Phi) is 7.07. The quantitative estimate of drug-likeness (QED) is 0.204. The largest absolute Gasteiger partial charge is 0.338 e. The van der Waals surface area contributed by atoms with Crippen LogP contribution in [0.25, 0.3) is 44.2 Å². The Balaban J connectivity index is 1.63. The van der Waals surface area contributed by atoms with E-state index in [0.717, 1.165) is 20.7 Å². The van der Waals surface area contributed by atoms with Crippen LogP contribution < -0.4 is 0 Å². The molecule has 6 aromatic rings. The highest BCUT2D eigenvalue weighted by molar-refractivity contribution is 7.90. The molecule has 2 aromatic carbocycles. The third-order valence-electron chi connectivity index (χ3n) is 7.27. The second kappa shape index (κ2) is 10.9. The summed E-state index contributed by atoms with van der Waals surface area (Å²) in [6, 6.07) is 16.6. The van der Waals surface area contributed by atoms with Gasteiger partial charge < -0.3 is 4.90 Å². The SMILES string of the molecule is C=CCN(C)C(=O)c1cnc2c(c1)c(-c1cc(F)c3nccc(-c4cccnc4)c3c1)cn2S(=O)(=O)c1ccc(C)cc1. The Labute approximate surface area is 247 Å². The number of likely N-dealkylation sites (N-methyl/N-ethyl adjacent to an activating group) is 1. The first-order valence-electron chi connectivity index (χ1n) is 13.4. The summed E-state index contributed by atoms with van der Waals surface area (Å²) in [7, 11) is -2.47. The number of benzene rings is 2. The molecule has 0 atom stereocenters. The van der Waals surface area contributed by atoms with Gasteiger partial charge >= 0.3 is 0 Å². The normalized spacial score (nSPS) is 11.6. The number of rotatable bonds is 7. The molecule has 0 saturated heterocycles. The monoisotopic (exact) mass is 591 g/mol. The van der Waals surface area contributed by atoms with Gasteiger partial charge in [0.15, 0.2) is 5.65 Å². The van der Waals surface area contributed by atoms with Crippen LogP contribution in [-0.2, 0) is 10.0 Å². The zero-order chi connectivity index (χ0) is 30.3. The van der Waals surface area contributed by atoms with Gasteiger partial charge in [0.25, 0.3) is 15.9 Å². The molecule has 0 spiro atoms. The summed E-state index contributed by atoms with van der Waals surface area (Å²) in [4.78, 5) is 27.6. The maximum atomic E-state index is 15.7. The number of halogens is 1. The van der Waals surface area contributed by atoms with E-state index in [-0.39, 0.29) is 27.5 Å². The van der Waals surface area contributed by atoms with Gasteiger partial charge in [-0.3, -0.25) is 14.8 Å². The average Bonchev–Trinajstić information content (AvgIpc) is 3.41. The number of fused-ring (bicyclic) bond motifs is 2. The Morgan fingerprint density at radius 2 is 1.77 bits per heavy atom. The molecule has 0 saturated carbocycles. The molecule has 4 heterocycles. The van der Waals surface area contributed by atoms with Gasteiger partial charge in [0.1, 0.15) is 11.3 Å². The van der Waals surface area contributed by atoms with Gasteiger partial charge in [-0.15, -0.1) is 6.58 Å². The molecule has 4 aromatic heterocycles. The molecular formula is C33H26FN5O3S. The van der Waals surface area contributed by atoms with Crippen LogP contribution in [0.1, 0.15) is 15.9 Å². The summed E-state index contributed by atoms with van der Waals surface area (Å²) < 4.78 is 44.5. The summed E-state index contributed by atoms with van der Waals surface area (Å²) in [6.07, 6.45) is 9.25. The first-order chi connectivity index (χ1) is 20.7. The zero-order valence-corrected chi connectivity index (χ0v) is 24.2. The molecule has 43 heavy (non-hydrogen) atoms. The van der Waals surface area contributed by atoms with E-state index >= 15 is 4.39 Å². The molecule has 10 heteroatoms. The van der Waals surface area contributed by atoms with E-state index in [1.54, 1.807) is 61.9 Å². The number of carbonyl (C=O) groups excluding carboxylic acids is 1. The Bertz CT molecular complexity index is 2140. The van der Waals surface area contributed by atoms with E-state index in [1.807, 2.05) is 13.0 Å². The lowest BCUT2D eigenvalue weighted by Gasteiger charge is -2.15. The fraction of sp³-hybridized carbons (Fsp3) is 0.0909. The van der Waals surface area contributed by atoms with E-state index in [0.29, 0.717) is 28.4 Å². The van der Waals surface area contributed by atoms with Crippen molar-refractivity contribution in [1.29, 1.82) is 0 Å². The van der Waals surface area contributed by atoms with Crippen LogP contribution >= 0.6 is 0 Å². The third kappa shape index (κ3) is 4.95. The van der Waals surface area contributed by atoms with Crippen molar-refractivity contribution in [3.8, 4) is 22.3 Å². The van der Waals surface area contributed by atoms with Crippen LogP contribution in [0.3, 0.4) is 0 Å². The third-order valence-corrected chi connectivity index (χ3v) is 8.93. The number of hydrogen-bond donors (Lipinski definition) is 0. The first-order valence-corrected chi connectivity index (χ1v) is 14.8. The van der Waals surface area contributed by atoms with E-state index in [4.69, 9.17) is 0 Å². The predicted octanol–water partition coefficient (Wildman–Crippen LogP) is 6.26. The molecule has 214 valence electrons. The van der Waals surface area contributed by atoms with Crippen LogP contribution in [-0.4, -0.2) is 51.7 Å². The summed E-state index contributed by atoms with van der Waals surface area (Å²) in [5, 5.41) is 0.901. The van der Waals surface area contributed by atoms with Gasteiger partial charge in [-0.05, 0) is 60.5 Å². The van der Waals surface area contributed by atoms with Crippen molar-refractivity contribution in [1.82, 2.24) is 23.8 Å². The number of aryl methyl sites for hydroxylation is 1. The van der Waals surface area contributed by atoms with Crippen molar-refractivity contribution in [2.24, 2.45) is 0 Å². The van der Waals surface area contributed by atoms with E-state index < -0.39 is 15.8 Å². The Morgan fingerprint density at radius 1 is 0.977 bits per heavy atom. The summed E-state index contributed by atoms with van der Waals surface area (Å²) in [5.41, 5.74) is 3.72. The zero-order valence-electron chi connectivity index (χ0n) is 23.4. The average molecular weight is 592 g/mol. The minimum absolute atomic E-state index is 0.0713. The van der Waals surface area contributed by atoms with Crippen LogP contribution in [0.2, 0.25) is 0 Å². The lowest BCUT2D eigenvalue weighted by atomic mass is 9.97. The Hall–Kier alpha value is -5.22. The van der Waals surface area contributed by atoms with Crippen LogP contribution in [0.15, 0.2) is 109 Å². The van der Waals surface area contributed by atoms with Crippen LogP contribution in [0.4, 0.5) is 4.39 Å². The van der Waals surface area contributed by atoms with Gasteiger partial charge in [-0.2, -0.15) is 0 Å². The maximum Gasteiger partial charge on any atom is 0.269 e. The molecule has 0 radical (unpaired) electrons. The summed E-state index contributed by atoms with van der Waals surface area (Å²) in [6.45, 7) is 5.86. The lowest BCUT2D eigenvalue weighted by molar-refractivity contribution is 0.0810. The topological polar surface area (TPSA) is 98.1 Å². The Morgan fingerprint density at radius 3 is 2.49 bits per heavy atom. The van der Waals surface area contributed by atoms with Gasteiger partial charge in [0.05, 0.1) is 10.5 Å². The standard InChI is InChI=1S/C33H26FN5O3S/c1-4-14-38(3)33(40)24-16-28-29(20-39(32(28)37-19-24)43(41,42)25-9-7-21(2)8-10-25)23-15-27-26(22-6-5-12-35-18-22)11-13-36-31(27)30(34)17-23/h4-13,15-20H,1,14H2,2-3H3. The predicted molar refractivity (Wildman–Crippen MR) is 165 cm³/mol. The number of aromatic nitrogens is 4. The highest BCUT2D eigenvalue weighted by Gasteiger charge is 2.25. The van der Waals surface area contributed by atoms with E-state index in [1.165, 1.54) is 41.7 Å². The molecule has 0 aliphatic carbocycles. The molecule has 1 amide bonds. The second-order valence-electron chi connectivity index (χ2n) is 10.2. The first kappa shape index (κ1) is 27.9. The molecule has 0 aliphatic heterocycles. The number of carbonyl (C=O) groups is 1. The lowest BCUT2D eigenvalue weighted by Crippen LogP contribution is -2.26. The van der Waals surface area contributed by atoms with Crippen LogP contribution in [0, 0.1) is 12.7 Å². The van der Waals surface area contributed by atoms with Gasteiger partial charge in [0.2, 0.25) is 0 Å². The fourth-order valence-electron chi connectivity index (χ4n) is 5.07. The van der Waals surface area contributed by atoms with Crippen molar-refractivity contribution in [3.05, 3.63) is 121 Å². The number of nitrogens with zero attached hydrogens (tertiary/aromatic N) is 5. The molecule has 0 unspecified atom stereocenters. The highest BCUT2D eigenvalue weighted by Crippen LogP contribution is 2.37. The van der Waals surface area contributed by atoms with Gasteiger partial charge in [0, 0.05) is 66.5 Å². The summed E-state index contributed by atoms with van der Waals surface area (Å²) >= 11 is 0. The highest BCUT2D eigenvalue weighted by atomic mass is 32.2. The van der Waals surface area contributed by atoms with Gasteiger partial charge in [-0.1, -0.05) is 29.8 Å². The number of hydrogen-bond acceptors (Lipinski definition) is 6. The fourth-order valence-corrected chi connectivity index (χ4v) is 6.40. The number of amides is 1. The van der Waals surface area contributed by atoms with Crippen molar-refractivity contribution < 1.29 is 17.6 Å². The van der Waals surface area contributed by atoms with Crippen molar-refractivity contribution in [2.75, 3.05) is 13.6 Å². The molecule has 0 aliphatic rings. The van der Waals surface area contributed by atoms with Crippen molar-refractivity contribution in [2.45, 2.75) is 11.8 Å². The van der Waals surface area contributed by atoms with E-state index in [9.17, 15) is 13.2 Å². The molecule has 0 bridgehead atoms. The number of pyridine rings is 3. The second-order valence-corrected chi connectivity index (χ2v) is 12.0. The summed E-state index contributed by atoms with van der Waals surface area (Å²) in [5.74, 6) is -0.895. The van der Waals surface area contributed by atoms with Crippen LogP contribution in [0.5, 0.6) is 0 Å².